The van der Waals surface area contributed by atoms with E-state index in [1.54, 1.807) is 0 Å². The number of anilines is 1. The van der Waals surface area contributed by atoms with Crippen molar-refractivity contribution in [3.63, 3.8) is 0 Å². The third kappa shape index (κ3) is 2.26. The first-order valence-corrected chi connectivity index (χ1v) is 6.31. The summed E-state index contributed by atoms with van der Waals surface area (Å²) in [6, 6.07) is -0.849. The van der Waals surface area contributed by atoms with Crippen molar-refractivity contribution in [1.29, 1.82) is 0 Å². The summed E-state index contributed by atoms with van der Waals surface area (Å²) in [6.45, 7) is 2.18. The Morgan fingerprint density at radius 2 is 2.18 bits per heavy atom. The molecule has 5 N–H and O–H groups in total. The van der Waals surface area contributed by atoms with Gasteiger partial charge in [-0.05, 0) is 30.7 Å². The number of hydrogen-bond donors (Lipinski definition) is 3. The number of imide groups is 1. The molecular weight excluding hydrogens is 238 g/mol. The Balaban J connectivity index is 2.35. The van der Waals surface area contributed by atoms with E-state index >= 15 is 0 Å². The molecule has 3 amide bonds. The Bertz CT molecular complexity index is 481. The molecule has 0 bridgehead atoms. The van der Waals surface area contributed by atoms with Gasteiger partial charge in [0.2, 0.25) is 0 Å². The number of nitrogens with two attached hydrogens (primary N) is 2. The fourth-order valence-electron chi connectivity index (χ4n) is 2.20. The van der Waals surface area contributed by atoms with Crippen LogP contribution in [-0.2, 0) is 12.8 Å². The van der Waals surface area contributed by atoms with Crippen molar-refractivity contribution >= 4 is 28.3 Å². The third-order valence-corrected chi connectivity index (χ3v) is 4.09. The van der Waals surface area contributed by atoms with Gasteiger partial charge in [-0.2, -0.15) is 0 Å². The van der Waals surface area contributed by atoms with Crippen molar-refractivity contribution < 1.29 is 9.59 Å². The molecule has 2 rings (SSSR count). The highest BCUT2D eigenvalue weighted by molar-refractivity contribution is 7.16. The number of nitrogen functional groups attached to an aromatic ring is 1. The number of nitrogens with one attached hydrogen (secondary N) is 1. The van der Waals surface area contributed by atoms with Gasteiger partial charge in [0, 0.05) is 4.88 Å². The number of primary amides is 1. The highest BCUT2D eigenvalue weighted by Gasteiger charge is 2.26. The molecule has 1 aliphatic rings. The Morgan fingerprint density at radius 1 is 1.47 bits per heavy atom. The number of urea groups is 1. The number of amides is 3. The van der Waals surface area contributed by atoms with Crippen LogP contribution in [0.2, 0.25) is 0 Å². The molecule has 0 spiro atoms. The Morgan fingerprint density at radius 3 is 2.82 bits per heavy atom. The van der Waals surface area contributed by atoms with E-state index < -0.39 is 11.9 Å². The van der Waals surface area contributed by atoms with Crippen LogP contribution in [0.15, 0.2) is 0 Å². The van der Waals surface area contributed by atoms with Gasteiger partial charge in [0.1, 0.15) is 0 Å². The number of hydrogen-bond acceptors (Lipinski definition) is 4. The Labute approximate surface area is 103 Å². The Hall–Kier alpha value is -1.56. The molecule has 0 saturated heterocycles. The molecule has 1 aromatic heterocycles. The van der Waals surface area contributed by atoms with Crippen LogP contribution in [0.5, 0.6) is 0 Å². The molecule has 0 saturated carbocycles. The van der Waals surface area contributed by atoms with Crippen LogP contribution in [0.4, 0.5) is 9.80 Å². The van der Waals surface area contributed by atoms with Gasteiger partial charge in [0.15, 0.2) is 0 Å². The van der Waals surface area contributed by atoms with Crippen molar-refractivity contribution in [2.75, 3.05) is 5.73 Å². The van der Waals surface area contributed by atoms with Gasteiger partial charge in [-0.25, -0.2) is 4.79 Å². The summed E-state index contributed by atoms with van der Waals surface area (Å²) < 4.78 is 0. The van der Waals surface area contributed by atoms with E-state index in [1.807, 2.05) is 0 Å². The van der Waals surface area contributed by atoms with Crippen LogP contribution in [-0.4, -0.2) is 11.9 Å². The number of carbonyl (C=O) groups is 2. The minimum atomic E-state index is -0.849. The van der Waals surface area contributed by atoms with E-state index in [1.165, 1.54) is 11.3 Å². The normalized spacial score (nSPS) is 18.5. The van der Waals surface area contributed by atoms with Crippen molar-refractivity contribution in [2.45, 2.75) is 26.2 Å². The maximum Gasteiger partial charge on any atom is 0.319 e. The standard InChI is InChI=1S/C11H15N3O2S/c1-5-2-3-6-7(4-5)17-9(12)8(6)10(15)14-11(13)16/h5H,2-4,12H2,1H3,(H3,13,14,15,16). The molecule has 17 heavy (non-hydrogen) atoms. The first-order valence-electron chi connectivity index (χ1n) is 5.49. The fraction of sp³-hybridized carbons (Fsp3) is 0.455. The maximum absolute atomic E-state index is 11.8. The number of thiophene rings is 1. The van der Waals surface area contributed by atoms with Crippen LogP contribution < -0.4 is 16.8 Å². The van der Waals surface area contributed by atoms with E-state index in [0.29, 0.717) is 16.5 Å². The van der Waals surface area contributed by atoms with E-state index in [-0.39, 0.29) is 0 Å². The lowest BCUT2D eigenvalue weighted by Crippen LogP contribution is -2.35. The zero-order valence-corrected chi connectivity index (χ0v) is 10.4. The van der Waals surface area contributed by atoms with Crippen LogP contribution in [0.1, 0.15) is 34.1 Å². The van der Waals surface area contributed by atoms with Crippen molar-refractivity contribution in [1.82, 2.24) is 5.32 Å². The van der Waals surface area contributed by atoms with Crippen molar-refractivity contribution in [3.8, 4) is 0 Å². The highest BCUT2D eigenvalue weighted by atomic mass is 32.1. The monoisotopic (exact) mass is 253 g/mol. The number of fused-ring (bicyclic) bond motifs is 1. The smallest absolute Gasteiger partial charge is 0.319 e. The zero-order valence-electron chi connectivity index (χ0n) is 9.58. The minimum absolute atomic E-state index is 0.440. The lowest BCUT2D eigenvalue weighted by atomic mass is 9.88. The van der Waals surface area contributed by atoms with Gasteiger partial charge in [-0.15, -0.1) is 11.3 Å². The van der Waals surface area contributed by atoms with Crippen LogP contribution >= 0.6 is 11.3 Å². The van der Waals surface area contributed by atoms with Gasteiger partial charge < -0.3 is 11.5 Å². The molecular formula is C11H15N3O2S. The van der Waals surface area contributed by atoms with E-state index in [4.69, 9.17) is 11.5 Å². The third-order valence-electron chi connectivity index (χ3n) is 3.00. The lowest BCUT2D eigenvalue weighted by molar-refractivity contribution is 0.0966. The van der Waals surface area contributed by atoms with Crippen molar-refractivity contribution in [2.24, 2.45) is 11.7 Å². The fourth-order valence-corrected chi connectivity index (χ4v) is 3.47. The predicted octanol–water partition coefficient (Wildman–Crippen LogP) is 1.26. The Kier molecular flexibility index (Phi) is 3.06. The van der Waals surface area contributed by atoms with Crippen molar-refractivity contribution in [3.05, 3.63) is 16.0 Å². The molecule has 0 aliphatic heterocycles. The molecule has 5 nitrogen and oxygen atoms in total. The summed E-state index contributed by atoms with van der Waals surface area (Å²) in [5.74, 6) is 0.134. The molecule has 6 heteroatoms. The van der Waals surface area contributed by atoms with Gasteiger partial charge in [-0.1, -0.05) is 6.92 Å². The lowest BCUT2D eigenvalue weighted by Gasteiger charge is -2.18. The second kappa shape index (κ2) is 4.37. The predicted molar refractivity (Wildman–Crippen MR) is 67.0 cm³/mol. The SMILES string of the molecule is CC1CCc2c(sc(N)c2C(=O)NC(N)=O)C1. The van der Waals surface area contributed by atoms with E-state index in [0.717, 1.165) is 29.7 Å². The molecule has 0 radical (unpaired) electrons. The molecule has 1 unspecified atom stereocenters. The second-order valence-electron chi connectivity index (χ2n) is 4.41. The average molecular weight is 253 g/mol. The van der Waals surface area contributed by atoms with E-state index in [9.17, 15) is 9.59 Å². The molecule has 0 aromatic carbocycles. The van der Waals surface area contributed by atoms with Crippen LogP contribution in [0, 0.1) is 5.92 Å². The minimum Gasteiger partial charge on any atom is -0.390 e. The van der Waals surface area contributed by atoms with Gasteiger partial charge >= 0.3 is 6.03 Å². The van der Waals surface area contributed by atoms with Crippen LogP contribution in [0.3, 0.4) is 0 Å². The van der Waals surface area contributed by atoms with E-state index in [2.05, 4.69) is 12.2 Å². The summed E-state index contributed by atoms with van der Waals surface area (Å²) in [6.07, 6.45) is 2.83. The molecule has 1 heterocycles. The number of carbonyl (C=O) groups excluding carboxylic acids is 2. The average Bonchev–Trinajstić information content (AvgIpc) is 2.51. The topological polar surface area (TPSA) is 98.2 Å². The molecule has 1 atom stereocenters. The molecule has 0 fully saturated rings. The summed E-state index contributed by atoms with van der Waals surface area (Å²) in [5.41, 5.74) is 12.2. The maximum atomic E-state index is 11.8. The zero-order chi connectivity index (χ0) is 12.6. The largest absolute Gasteiger partial charge is 0.390 e. The first kappa shape index (κ1) is 11.9. The summed E-state index contributed by atoms with van der Waals surface area (Å²) in [7, 11) is 0. The summed E-state index contributed by atoms with van der Waals surface area (Å²) in [4.78, 5) is 23.7. The molecule has 1 aromatic rings. The van der Waals surface area contributed by atoms with Gasteiger partial charge in [-0.3, -0.25) is 10.1 Å². The first-order chi connectivity index (χ1) is 7.99. The quantitative estimate of drug-likeness (QED) is 0.702. The highest BCUT2D eigenvalue weighted by Crippen LogP contribution is 2.37. The summed E-state index contributed by atoms with van der Waals surface area (Å²) in [5, 5.41) is 2.55. The molecule has 92 valence electrons. The van der Waals surface area contributed by atoms with Gasteiger partial charge in [0.25, 0.3) is 5.91 Å². The molecule has 1 aliphatic carbocycles. The second-order valence-corrected chi connectivity index (χ2v) is 5.55. The van der Waals surface area contributed by atoms with Crippen LogP contribution in [0.25, 0.3) is 0 Å². The number of rotatable bonds is 1. The van der Waals surface area contributed by atoms with Gasteiger partial charge in [0.05, 0.1) is 10.6 Å². The summed E-state index contributed by atoms with van der Waals surface area (Å²) >= 11 is 1.44.